The van der Waals surface area contributed by atoms with Gasteiger partial charge in [-0.3, -0.25) is 0 Å². The Labute approximate surface area is 48.1 Å². The van der Waals surface area contributed by atoms with Crippen molar-refractivity contribution < 1.29 is 4.39 Å². The maximum atomic E-state index is 12.7. The quantitative estimate of drug-likeness (QED) is 0.469. The molecule has 0 aliphatic heterocycles. The molecule has 44 valence electrons. The topological polar surface area (TPSA) is 23.8 Å². The summed E-state index contributed by atoms with van der Waals surface area (Å²) >= 11 is 0. The lowest BCUT2D eigenvalue weighted by atomic mass is 10.1. The largest absolute Gasteiger partial charge is 0.227 e. The van der Waals surface area contributed by atoms with Gasteiger partial charge in [0.25, 0.3) is 0 Å². The molecule has 1 aliphatic carbocycles. The summed E-state index contributed by atoms with van der Waals surface area (Å²) in [5.74, 6) is 0. The Hall–Kier alpha value is -0.580. The minimum Gasteiger partial charge on any atom is -0.227 e. The van der Waals surface area contributed by atoms with Gasteiger partial charge in [-0.05, 0) is 25.7 Å². The summed E-state index contributed by atoms with van der Waals surface area (Å²) in [4.78, 5) is 0. The second kappa shape index (κ2) is 1.74. The van der Waals surface area contributed by atoms with Gasteiger partial charge in [0, 0.05) is 0 Å². The molecular weight excluding hydrogens is 105 g/mol. The molecule has 1 nitrogen and oxygen atoms in total. The molecule has 0 radical (unpaired) electrons. The van der Waals surface area contributed by atoms with Crippen LogP contribution in [0.25, 0.3) is 0 Å². The number of hydrogen-bond donors (Lipinski definition) is 0. The molecule has 0 bridgehead atoms. The number of nitrogens with zero attached hydrogens (tertiary/aromatic N) is 1. The van der Waals surface area contributed by atoms with Gasteiger partial charge < -0.3 is 0 Å². The Morgan fingerprint density at radius 2 is 1.88 bits per heavy atom. The fourth-order valence-corrected chi connectivity index (χ4v) is 1.05. The third-order valence-electron chi connectivity index (χ3n) is 1.60. The molecule has 0 unspecified atom stereocenters. The predicted molar refractivity (Wildman–Crippen MR) is 27.9 cm³/mol. The van der Waals surface area contributed by atoms with E-state index in [0.29, 0.717) is 12.8 Å². The standard InChI is InChI=1S/C6H8FN/c7-6(5-8)3-1-2-4-6/h1-4H2. The predicted octanol–water partition coefficient (Wildman–Crippen LogP) is 1.79. The molecule has 0 aromatic carbocycles. The first-order valence-electron chi connectivity index (χ1n) is 2.87. The molecule has 1 fully saturated rings. The number of hydrogen-bond acceptors (Lipinski definition) is 1. The van der Waals surface area contributed by atoms with Crippen molar-refractivity contribution in [3.05, 3.63) is 0 Å². The Balaban J connectivity index is 2.56. The van der Waals surface area contributed by atoms with Gasteiger partial charge >= 0.3 is 0 Å². The van der Waals surface area contributed by atoms with Crippen molar-refractivity contribution in [3.8, 4) is 6.07 Å². The van der Waals surface area contributed by atoms with Gasteiger partial charge in [-0.1, -0.05) is 0 Å². The van der Waals surface area contributed by atoms with E-state index in [-0.39, 0.29) is 0 Å². The fourth-order valence-electron chi connectivity index (χ4n) is 1.05. The van der Waals surface area contributed by atoms with E-state index in [1.807, 2.05) is 0 Å². The summed E-state index contributed by atoms with van der Waals surface area (Å²) in [6.45, 7) is 0. The zero-order chi connectivity index (χ0) is 6.04. The summed E-state index contributed by atoms with van der Waals surface area (Å²) in [7, 11) is 0. The van der Waals surface area contributed by atoms with Crippen molar-refractivity contribution in [1.29, 1.82) is 5.26 Å². The summed E-state index contributed by atoms with van der Waals surface area (Å²) in [6, 6.07) is 1.67. The van der Waals surface area contributed by atoms with Crippen LogP contribution >= 0.6 is 0 Å². The van der Waals surface area contributed by atoms with Crippen LogP contribution in [0, 0.1) is 11.3 Å². The van der Waals surface area contributed by atoms with Gasteiger partial charge in [0.1, 0.15) is 6.07 Å². The normalized spacial score (nSPS) is 25.0. The Morgan fingerprint density at radius 3 is 2.12 bits per heavy atom. The highest BCUT2D eigenvalue weighted by atomic mass is 19.1. The second-order valence-corrected chi connectivity index (χ2v) is 2.28. The van der Waals surface area contributed by atoms with Crippen molar-refractivity contribution in [2.75, 3.05) is 0 Å². The summed E-state index contributed by atoms with van der Waals surface area (Å²) < 4.78 is 12.7. The maximum absolute atomic E-state index is 12.7. The number of rotatable bonds is 0. The highest BCUT2D eigenvalue weighted by molar-refractivity contribution is 5.03. The molecule has 0 N–H and O–H groups in total. The van der Waals surface area contributed by atoms with Crippen LogP contribution in [0.1, 0.15) is 25.7 Å². The van der Waals surface area contributed by atoms with Gasteiger partial charge in [0.2, 0.25) is 0 Å². The third-order valence-corrected chi connectivity index (χ3v) is 1.60. The van der Waals surface area contributed by atoms with E-state index in [2.05, 4.69) is 0 Å². The van der Waals surface area contributed by atoms with Crippen molar-refractivity contribution in [3.63, 3.8) is 0 Å². The van der Waals surface area contributed by atoms with E-state index >= 15 is 0 Å². The van der Waals surface area contributed by atoms with Crippen molar-refractivity contribution in [1.82, 2.24) is 0 Å². The molecule has 0 aromatic heterocycles. The van der Waals surface area contributed by atoms with E-state index < -0.39 is 5.67 Å². The SMILES string of the molecule is N#CC1(F)CCCC1. The highest BCUT2D eigenvalue weighted by Gasteiger charge is 2.32. The molecule has 1 rings (SSSR count). The smallest absolute Gasteiger partial charge is 0.196 e. The van der Waals surface area contributed by atoms with Crippen LogP contribution in [0.15, 0.2) is 0 Å². The van der Waals surface area contributed by atoms with Crippen LogP contribution in [-0.2, 0) is 0 Å². The van der Waals surface area contributed by atoms with E-state index in [9.17, 15) is 4.39 Å². The molecule has 0 aromatic rings. The third kappa shape index (κ3) is 0.812. The Bertz CT molecular complexity index is 119. The van der Waals surface area contributed by atoms with E-state index in [0.717, 1.165) is 12.8 Å². The van der Waals surface area contributed by atoms with Crippen LogP contribution < -0.4 is 0 Å². The Kier molecular flexibility index (Phi) is 1.21. The molecular formula is C6H8FN. The zero-order valence-electron chi connectivity index (χ0n) is 4.65. The van der Waals surface area contributed by atoms with Gasteiger partial charge in [-0.25, -0.2) is 4.39 Å². The molecule has 0 spiro atoms. The van der Waals surface area contributed by atoms with Crippen LogP contribution in [-0.4, -0.2) is 5.67 Å². The average Bonchev–Trinajstić information content (AvgIpc) is 2.17. The van der Waals surface area contributed by atoms with Crippen molar-refractivity contribution >= 4 is 0 Å². The van der Waals surface area contributed by atoms with Gasteiger partial charge in [0.15, 0.2) is 5.67 Å². The van der Waals surface area contributed by atoms with Gasteiger partial charge in [0.05, 0.1) is 0 Å². The molecule has 8 heavy (non-hydrogen) atoms. The summed E-state index contributed by atoms with van der Waals surface area (Å²) in [6.07, 6.45) is 2.65. The summed E-state index contributed by atoms with van der Waals surface area (Å²) in [5, 5.41) is 8.20. The number of halogens is 1. The van der Waals surface area contributed by atoms with E-state index in [1.54, 1.807) is 6.07 Å². The molecule has 2 heteroatoms. The second-order valence-electron chi connectivity index (χ2n) is 2.28. The van der Waals surface area contributed by atoms with E-state index in [1.165, 1.54) is 0 Å². The molecule has 1 aliphatic rings. The van der Waals surface area contributed by atoms with Crippen LogP contribution in [0.2, 0.25) is 0 Å². The van der Waals surface area contributed by atoms with Gasteiger partial charge in [-0.15, -0.1) is 0 Å². The fraction of sp³-hybridized carbons (Fsp3) is 0.833. The Morgan fingerprint density at radius 1 is 1.38 bits per heavy atom. The van der Waals surface area contributed by atoms with Crippen molar-refractivity contribution in [2.24, 2.45) is 0 Å². The average molecular weight is 113 g/mol. The number of nitriles is 1. The van der Waals surface area contributed by atoms with Crippen LogP contribution in [0.3, 0.4) is 0 Å². The molecule has 0 heterocycles. The first-order chi connectivity index (χ1) is 3.77. The molecule has 0 atom stereocenters. The highest BCUT2D eigenvalue weighted by Crippen LogP contribution is 2.32. The maximum Gasteiger partial charge on any atom is 0.196 e. The summed E-state index contributed by atoms with van der Waals surface area (Å²) in [5.41, 5.74) is -1.46. The van der Waals surface area contributed by atoms with Gasteiger partial charge in [-0.2, -0.15) is 5.26 Å². The lowest BCUT2D eigenvalue weighted by molar-refractivity contribution is 0.249. The lowest BCUT2D eigenvalue weighted by Crippen LogP contribution is -2.12. The van der Waals surface area contributed by atoms with Crippen LogP contribution in [0.4, 0.5) is 4.39 Å². The minimum absolute atomic E-state index is 0.448. The lowest BCUT2D eigenvalue weighted by Gasteiger charge is -2.04. The van der Waals surface area contributed by atoms with Crippen LogP contribution in [0.5, 0.6) is 0 Å². The monoisotopic (exact) mass is 113 g/mol. The minimum atomic E-state index is -1.46. The molecule has 0 saturated heterocycles. The number of alkyl halides is 1. The van der Waals surface area contributed by atoms with Crippen molar-refractivity contribution in [2.45, 2.75) is 31.4 Å². The molecule has 0 amide bonds. The zero-order valence-corrected chi connectivity index (χ0v) is 4.65. The first-order valence-corrected chi connectivity index (χ1v) is 2.87. The molecule has 1 saturated carbocycles. The first kappa shape index (κ1) is 5.55. The van der Waals surface area contributed by atoms with E-state index in [4.69, 9.17) is 5.26 Å².